The number of hydrogen-bond acceptors (Lipinski definition) is 3. The smallest absolute Gasteiger partial charge is 0.273 e. The third-order valence-electron chi connectivity index (χ3n) is 3.63. The highest BCUT2D eigenvalue weighted by Gasteiger charge is 2.21. The van der Waals surface area contributed by atoms with Crippen LogP contribution in [0.3, 0.4) is 0 Å². The van der Waals surface area contributed by atoms with Crippen molar-refractivity contribution in [3.8, 4) is 0 Å². The van der Waals surface area contributed by atoms with E-state index in [1.807, 2.05) is 0 Å². The summed E-state index contributed by atoms with van der Waals surface area (Å²) in [5.41, 5.74) is -0.439. The minimum atomic E-state index is -0.785. The molecule has 0 heterocycles. The Morgan fingerprint density at radius 1 is 1.43 bits per heavy atom. The number of carbonyl (C=O) groups excluding carboxylic acids is 1. The summed E-state index contributed by atoms with van der Waals surface area (Å²) >= 11 is 3.58. The van der Waals surface area contributed by atoms with Gasteiger partial charge in [0.2, 0.25) is 0 Å². The van der Waals surface area contributed by atoms with E-state index in [1.165, 1.54) is 0 Å². The van der Waals surface area contributed by atoms with E-state index in [-0.39, 0.29) is 5.56 Å². The van der Waals surface area contributed by atoms with Gasteiger partial charge in [0.05, 0.1) is 11.0 Å². The fraction of sp³-hybridized carbons (Fsp3) is 0.500. The molecule has 1 aliphatic rings. The molecule has 7 heteroatoms. The Morgan fingerprint density at radius 2 is 2.19 bits per heavy atom. The minimum Gasteiger partial charge on any atom is -0.352 e. The van der Waals surface area contributed by atoms with Gasteiger partial charge in [-0.1, -0.05) is 22.4 Å². The monoisotopic (exact) mass is 358 g/mol. The van der Waals surface area contributed by atoms with E-state index in [0.717, 1.165) is 43.9 Å². The zero-order valence-corrected chi connectivity index (χ0v) is 12.9. The van der Waals surface area contributed by atoms with Gasteiger partial charge in [-0.15, -0.1) is 0 Å². The van der Waals surface area contributed by atoms with Crippen molar-refractivity contribution < 1.29 is 14.1 Å². The number of nitro benzene ring substituents is 1. The molecule has 1 aromatic rings. The van der Waals surface area contributed by atoms with Crippen LogP contribution < -0.4 is 5.32 Å². The average molecular weight is 359 g/mol. The van der Waals surface area contributed by atoms with Gasteiger partial charge in [-0.25, -0.2) is 4.39 Å². The fourth-order valence-corrected chi connectivity index (χ4v) is 3.41. The summed E-state index contributed by atoms with van der Waals surface area (Å²) in [6.07, 6.45) is 4.29. The molecule has 2 rings (SSSR count). The molecule has 2 atom stereocenters. The van der Waals surface area contributed by atoms with E-state index in [1.54, 1.807) is 0 Å². The standard InChI is InChI=1S/C14H16BrFN2O3/c15-11-3-1-2-9(4-11)8-17-14(19)10-5-12(16)7-13(6-10)18(20)21/h5-7,9,11H,1-4,8H2,(H,17,19). The van der Waals surface area contributed by atoms with Crippen molar-refractivity contribution >= 4 is 27.5 Å². The van der Waals surface area contributed by atoms with Crippen LogP contribution in [0.2, 0.25) is 0 Å². The molecule has 0 saturated heterocycles. The highest BCUT2D eigenvalue weighted by atomic mass is 79.9. The number of amides is 1. The van der Waals surface area contributed by atoms with Crippen molar-refractivity contribution in [1.29, 1.82) is 0 Å². The first-order valence-electron chi connectivity index (χ1n) is 6.83. The second-order valence-electron chi connectivity index (χ2n) is 5.30. The van der Waals surface area contributed by atoms with Crippen molar-refractivity contribution in [1.82, 2.24) is 5.32 Å². The maximum atomic E-state index is 13.3. The number of nitro groups is 1. The van der Waals surface area contributed by atoms with Gasteiger partial charge in [-0.05, 0) is 31.2 Å². The molecule has 0 aliphatic heterocycles. The van der Waals surface area contributed by atoms with Crippen LogP contribution >= 0.6 is 15.9 Å². The lowest BCUT2D eigenvalue weighted by Gasteiger charge is -2.25. The molecule has 1 aromatic carbocycles. The second kappa shape index (κ2) is 6.98. The number of halogens is 2. The summed E-state index contributed by atoms with van der Waals surface area (Å²) in [6, 6.07) is 2.90. The molecule has 0 spiro atoms. The fourth-order valence-electron chi connectivity index (χ4n) is 2.56. The Balaban J connectivity index is 1.98. The molecule has 5 nitrogen and oxygen atoms in total. The maximum absolute atomic E-state index is 13.3. The second-order valence-corrected chi connectivity index (χ2v) is 6.59. The number of carbonyl (C=O) groups is 1. The van der Waals surface area contributed by atoms with Crippen molar-refractivity contribution in [2.24, 2.45) is 5.92 Å². The molecule has 114 valence electrons. The summed E-state index contributed by atoms with van der Waals surface area (Å²) in [5.74, 6) is -0.877. The molecule has 1 amide bonds. The Bertz CT molecular complexity index is 553. The Kier molecular flexibility index (Phi) is 5.27. The summed E-state index contributed by atoms with van der Waals surface area (Å²) in [7, 11) is 0. The molecule has 0 radical (unpaired) electrons. The molecule has 2 unspecified atom stereocenters. The number of rotatable bonds is 4. The van der Waals surface area contributed by atoms with E-state index in [9.17, 15) is 19.3 Å². The summed E-state index contributed by atoms with van der Waals surface area (Å²) in [5, 5.41) is 13.4. The third kappa shape index (κ3) is 4.49. The van der Waals surface area contributed by atoms with E-state index in [0.29, 0.717) is 17.3 Å². The first-order valence-corrected chi connectivity index (χ1v) is 7.74. The molecule has 0 bridgehead atoms. The highest BCUT2D eigenvalue weighted by Crippen LogP contribution is 2.28. The zero-order chi connectivity index (χ0) is 15.4. The number of hydrogen-bond donors (Lipinski definition) is 1. The lowest BCUT2D eigenvalue weighted by molar-refractivity contribution is -0.385. The molecule has 1 fully saturated rings. The van der Waals surface area contributed by atoms with Crippen LogP contribution in [0.5, 0.6) is 0 Å². The van der Waals surface area contributed by atoms with Gasteiger partial charge >= 0.3 is 0 Å². The number of nitrogens with zero attached hydrogens (tertiary/aromatic N) is 1. The van der Waals surface area contributed by atoms with Gasteiger partial charge in [0.15, 0.2) is 0 Å². The van der Waals surface area contributed by atoms with E-state index < -0.39 is 22.3 Å². The molecule has 1 saturated carbocycles. The predicted molar refractivity (Wildman–Crippen MR) is 80.1 cm³/mol. The largest absolute Gasteiger partial charge is 0.352 e. The highest BCUT2D eigenvalue weighted by molar-refractivity contribution is 9.09. The number of alkyl halides is 1. The van der Waals surface area contributed by atoms with Gasteiger partial charge in [-0.2, -0.15) is 0 Å². The normalized spacial score (nSPS) is 21.8. The van der Waals surface area contributed by atoms with Gasteiger partial charge < -0.3 is 5.32 Å². The SMILES string of the molecule is O=C(NCC1CCCC(Br)C1)c1cc(F)cc([N+](=O)[O-])c1. The molecular formula is C14H16BrFN2O3. The van der Waals surface area contributed by atoms with Crippen molar-refractivity contribution in [2.45, 2.75) is 30.5 Å². The Hall–Kier alpha value is -1.50. The minimum absolute atomic E-state index is 0.0205. The predicted octanol–water partition coefficient (Wildman–Crippen LogP) is 3.42. The lowest BCUT2D eigenvalue weighted by Crippen LogP contribution is -2.32. The van der Waals surface area contributed by atoms with Crippen LogP contribution in [0.25, 0.3) is 0 Å². The molecule has 1 N–H and O–H groups in total. The van der Waals surface area contributed by atoms with Crippen LogP contribution in [-0.4, -0.2) is 22.2 Å². The summed E-state index contributed by atoms with van der Waals surface area (Å²) in [6.45, 7) is 0.505. The van der Waals surface area contributed by atoms with Gasteiger partial charge in [0, 0.05) is 23.0 Å². The number of non-ortho nitro benzene ring substituents is 1. The number of nitrogens with one attached hydrogen (secondary N) is 1. The Morgan fingerprint density at radius 3 is 2.86 bits per heavy atom. The van der Waals surface area contributed by atoms with Crippen LogP contribution in [0.15, 0.2) is 18.2 Å². The molecule has 21 heavy (non-hydrogen) atoms. The van der Waals surface area contributed by atoms with E-state index in [2.05, 4.69) is 21.2 Å². The van der Waals surface area contributed by atoms with Crippen LogP contribution in [0, 0.1) is 21.8 Å². The van der Waals surface area contributed by atoms with E-state index >= 15 is 0 Å². The van der Waals surface area contributed by atoms with Gasteiger partial charge in [0.25, 0.3) is 11.6 Å². The van der Waals surface area contributed by atoms with Crippen molar-refractivity contribution in [3.63, 3.8) is 0 Å². The Labute approximate surface area is 130 Å². The van der Waals surface area contributed by atoms with Gasteiger partial charge in [-0.3, -0.25) is 14.9 Å². The first kappa shape index (κ1) is 15.9. The summed E-state index contributed by atoms with van der Waals surface area (Å²) in [4.78, 5) is 22.4. The number of benzene rings is 1. The lowest BCUT2D eigenvalue weighted by atomic mass is 9.89. The van der Waals surface area contributed by atoms with Crippen LogP contribution in [-0.2, 0) is 0 Å². The zero-order valence-electron chi connectivity index (χ0n) is 11.4. The first-order chi connectivity index (χ1) is 9.95. The average Bonchev–Trinajstić information content (AvgIpc) is 2.44. The maximum Gasteiger partial charge on any atom is 0.273 e. The van der Waals surface area contributed by atoms with Crippen LogP contribution in [0.4, 0.5) is 10.1 Å². The summed E-state index contributed by atoms with van der Waals surface area (Å²) < 4.78 is 13.3. The third-order valence-corrected chi connectivity index (χ3v) is 4.46. The van der Waals surface area contributed by atoms with Crippen LogP contribution in [0.1, 0.15) is 36.0 Å². The molecule has 0 aromatic heterocycles. The molecule has 1 aliphatic carbocycles. The van der Waals surface area contributed by atoms with Crippen molar-refractivity contribution in [2.75, 3.05) is 6.54 Å². The van der Waals surface area contributed by atoms with E-state index in [4.69, 9.17) is 0 Å². The molecular weight excluding hydrogens is 343 g/mol. The van der Waals surface area contributed by atoms with Crippen molar-refractivity contribution in [3.05, 3.63) is 39.7 Å². The van der Waals surface area contributed by atoms with Gasteiger partial charge in [0.1, 0.15) is 5.82 Å². The topological polar surface area (TPSA) is 72.2 Å². The quantitative estimate of drug-likeness (QED) is 0.509.